The van der Waals surface area contributed by atoms with Crippen molar-refractivity contribution in [3.63, 3.8) is 0 Å². The first-order valence-electron chi connectivity index (χ1n) is 9.58. The Morgan fingerprint density at radius 3 is 2.32 bits per heavy atom. The van der Waals surface area contributed by atoms with Gasteiger partial charge in [0.25, 0.3) is 5.69 Å². The maximum Gasteiger partial charge on any atom is 0.269 e. The molecule has 1 atom stereocenters. The minimum absolute atomic E-state index is 0.0239. The molecule has 0 aliphatic rings. The van der Waals surface area contributed by atoms with Crippen LogP contribution in [0.25, 0.3) is 0 Å². The van der Waals surface area contributed by atoms with Crippen molar-refractivity contribution in [3.8, 4) is 11.5 Å². The normalized spacial score (nSPS) is 11.7. The lowest BCUT2D eigenvalue weighted by molar-refractivity contribution is -0.384. The molecule has 162 valence electrons. The molecule has 0 aliphatic heterocycles. The van der Waals surface area contributed by atoms with Crippen LogP contribution >= 0.6 is 0 Å². The number of hydrogen-bond acceptors (Lipinski definition) is 5. The molecule has 3 rings (SSSR count). The van der Waals surface area contributed by atoms with Crippen molar-refractivity contribution in [2.75, 3.05) is 7.11 Å². The zero-order chi connectivity index (χ0) is 22.4. The van der Waals surface area contributed by atoms with Crippen LogP contribution in [0.5, 0.6) is 11.5 Å². The third kappa shape index (κ3) is 5.76. The van der Waals surface area contributed by atoms with Gasteiger partial charge in [0.2, 0.25) is 0 Å². The molecule has 8 heteroatoms. The van der Waals surface area contributed by atoms with Crippen LogP contribution in [0.3, 0.4) is 0 Å². The summed E-state index contributed by atoms with van der Waals surface area (Å²) in [4.78, 5) is 10.3. The van der Waals surface area contributed by atoms with Gasteiger partial charge in [-0.1, -0.05) is 12.1 Å². The molecule has 1 unspecified atom stereocenters. The Balaban J connectivity index is 1.61. The Kier molecular flexibility index (Phi) is 7.15. The number of benzene rings is 3. The van der Waals surface area contributed by atoms with Gasteiger partial charge in [0, 0.05) is 24.7 Å². The summed E-state index contributed by atoms with van der Waals surface area (Å²) < 4.78 is 37.7. The van der Waals surface area contributed by atoms with Crippen molar-refractivity contribution >= 4 is 5.69 Å². The van der Waals surface area contributed by atoms with Crippen LogP contribution in [0.1, 0.15) is 29.7 Å². The van der Waals surface area contributed by atoms with E-state index in [4.69, 9.17) is 9.47 Å². The molecule has 0 spiro atoms. The summed E-state index contributed by atoms with van der Waals surface area (Å²) in [6, 6.07) is 15.3. The fourth-order valence-electron chi connectivity index (χ4n) is 2.99. The van der Waals surface area contributed by atoms with Crippen LogP contribution in [0, 0.1) is 21.7 Å². The van der Waals surface area contributed by atoms with Crippen LogP contribution in [-0.4, -0.2) is 12.0 Å². The lowest BCUT2D eigenvalue weighted by Gasteiger charge is -2.16. The van der Waals surface area contributed by atoms with E-state index in [9.17, 15) is 18.9 Å². The van der Waals surface area contributed by atoms with Crippen LogP contribution in [-0.2, 0) is 13.2 Å². The summed E-state index contributed by atoms with van der Waals surface area (Å²) in [5.41, 5.74) is 2.39. The van der Waals surface area contributed by atoms with Crippen molar-refractivity contribution in [2.45, 2.75) is 26.1 Å². The molecule has 3 aromatic rings. The van der Waals surface area contributed by atoms with Gasteiger partial charge < -0.3 is 14.8 Å². The number of nitro groups is 1. The molecule has 0 heterocycles. The molecule has 0 bridgehead atoms. The number of nitrogens with zero attached hydrogens (tertiary/aromatic N) is 1. The number of halogens is 2. The first kappa shape index (κ1) is 22.2. The van der Waals surface area contributed by atoms with Crippen molar-refractivity contribution in [1.29, 1.82) is 0 Å². The highest BCUT2D eigenvalue weighted by Crippen LogP contribution is 2.29. The van der Waals surface area contributed by atoms with Gasteiger partial charge in [-0.25, -0.2) is 8.78 Å². The topological polar surface area (TPSA) is 73.6 Å². The zero-order valence-electron chi connectivity index (χ0n) is 17.1. The fraction of sp³-hybridized carbons (Fsp3) is 0.217. The fourth-order valence-corrected chi connectivity index (χ4v) is 2.99. The zero-order valence-corrected chi connectivity index (χ0v) is 17.1. The number of nitro benzene ring substituents is 1. The summed E-state index contributed by atoms with van der Waals surface area (Å²) in [6.07, 6.45) is 0. The minimum atomic E-state index is -0.873. The second-order valence-electron chi connectivity index (χ2n) is 6.97. The number of rotatable bonds is 9. The molecular weight excluding hydrogens is 406 g/mol. The minimum Gasteiger partial charge on any atom is -0.493 e. The first-order valence-corrected chi connectivity index (χ1v) is 9.58. The molecule has 0 aliphatic carbocycles. The molecule has 1 N–H and O–H groups in total. The Hall–Kier alpha value is -3.52. The van der Waals surface area contributed by atoms with Crippen LogP contribution in [0.15, 0.2) is 60.7 Å². The molecule has 0 saturated carbocycles. The lowest BCUT2D eigenvalue weighted by atomic mass is 10.1. The third-order valence-corrected chi connectivity index (χ3v) is 4.83. The molecule has 6 nitrogen and oxygen atoms in total. The van der Waals surface area contributed by atoms with E-state index in [1.165, 1.54) is 25.3 Å². The predicted molar refractivity (Wildman–Crippen MR) is 112 cm³/mol. The Morgan fingerprint density at radius 2 is 1.68 bits per heavy atom. The van der Waals surface area contributed by atoms with Crippen molar-refractivity contribution in [3.05, 3.63) is 99.1 Å². The van der Waals surface area contributed by atoms with Gasteiger partial charge in [0.1, 0.15) is 6.61 Å². The summed E-state index contributed by atoms with van der Waals surface area (Å²) >= 11 is 0. The van der Waals surface area contributed by atoms with Crippen LogP contribution in [0.2, 0.25) is 0 Å². The Morgan fingerprint density at radius 1 is 0.968 bits per heavy atom. The molecule has 0 radical (unpaired) electrons. The van der Waals surface area contributed by atoms with E-state index < -0.39 is 16.6 Å². The number of ether oxygens (including phenoxy) is 2. The van der Waals surface area contributed by atoms with E-state index in [-0.39, 0.29) is 18.3 Å². The van der Waals surface area contributed by atoms with Crippen LogP contribution in [0.4, 0.5) is 14.5 Å². The number of methoxy groups -OCH3 is 1. The summed E-state index contributed by atoms with van der Waals surface area (Å²) in [7, 11) is 1.54. The SMILES string of the molecule is COc1cc(CNC(C)c2ccc(F)c(F)c2)ccc1OCc1ccc([N+](=O)[O-])cc1. The van der Waals surface area contributed by atoms with E-state index in [1.807, 2.05) is 19.1 Å². The monoisotopic (exact) mass is 428 g/mol. The number of non-ortho nitro benzene ring substituents is 1. The van der Waals surface area contributed by atoms with Crippen molar-refractivity contribution in [1.82, 2.24) is 5.32 Å². The van der Waals surface area contributed by atoms with Crippen molar-refractivity contribution < 1.29 is 23.2 Å². The third-order valence-electron chi connectivity index (χ3n) is 4.83. The number of hydrogen-bond donors (Lipinski definition) is 1. The molecule has 0 aromatic heterocycles. The van der Waals surface area contributed by atoms with E-state index in [1.54, 1.807) is 24.3 Å². The first-order chi connectivity index (χ1) is 14.9. The predicted octanol–water partition coefficient (Wildman–Crippen LogP) is 5.31. The highest BCUT2D eigenvalue weighted by Gasteiger charge is 2.11. The molecule has 31 heavy (non-hydrogen) atoms. The van der Waals surface area contributed by atoms with Gasteiger partial charge in [-0.2, -0.15) is 0 Å². The van der Waals surface area contributed by atoms with Gasteiger partial charge in [-0.3, -0.25) is 10.1 Å². The number of nitrogens with one attached hydrogen (secondary N) is 1. The standard InChI is InChI=1S/C23H22F2N2O4/c1-15(18-6-9-20(24)21(25)12-18)26-13-17-5-10-22(23(11-17)30-2)31-14-16-3-7-19(8-4-16)27(28)29/h3-12,15,26H,13-14H2,1-2H3. The maximum absolute atomic E-state index is 13.4. The molecule has 0 fully saturated rings. The summed E-state index contributed by atoms with van der Waals surface area (Å²) in [6.45, 7) is 2.59. The van der Waals surface area contributed by atoms with E-state index >= 15 is 0 Å². The van der Waals surface area contributed by atoms with Gasteiger partial charge in [0.05, 0.1) is 12.0 Å². The van der Waals surface area contributed by atoms with Gasteiger partial charge in [-0.05, 0) is 60.0 Å². The van der Waals surface area contributed by atoms with E-state index in [2.05, 4.69) is 5.32 Å². The maximum atomic E-state index is 13.4. The second-order valence-corrected chi connectivity index (χ2v) is 6.97. The highest BCUT2D eigenvalue weighted by molar-refractivity contribution is 5.43. The Bertz CT molecular complexity index is 1060. The van der Waals surface area contributed by atoms with E-state index in [0.717, 1.165) is 17.2 Å². The quantitative estimate of drug-likeness (QED) is 0.369. The molecule has 0 amide bonds. The van der Waals surface area contributed by atoms with Gasteiger partial charge >= 0.3 is 0 Å². The summed E-state index contributed by atoms with van der Waals surface area (Å²) in [5.74, 6) is -0.660. The van der Waals surface area contributed by atoms with Crippen molar-refractivity contribution in [2.24, 2.45) is 0 Å². The molecular formula is C23H22F2N2O4. The second kappa shape index (κ2) is 9.99. The summed E-state index contributed by atoms with van der Waals surface area (Å²) in [5, 5.41) is 14.0. The molecule has 3 aromatic carbocycles. The lowest BCUT2D eigenvalue weighted by Crippen LogP contribution is -2.18. The average molecular weight is 428 g/mol. The van der Waals surface area contributed by atoms with Gasteiger partial charge in [-0.15, -0.1) is 0 Å². The highest BCUT2D eigenvalue weighted by atomic mass is 19.2. The van der Waals surface area contributed by atoms with Crippen LogP contribution < -0.4 is 14.8 Å². The van der Waals surface area contributed by atoms with Gasteiger partial charge in [0.15, 0.2) is 23.1 Å². The smallest absolute Gasteiger partial charge is 0.269 e. The largest absolute Gasteiger partial charge is 0.493 e. The molecule has 0 saturated heterocycles. The Labute approximate surface area is 178 Å². The van der Waals surface area contributed by atoms with E-state index in [0.29, 0.717) is 23.6 Å². The average Bonchev–Trinajstić information content (AvgIpc) is 2.78.